The third-order valence-electron chi connectivity index (χ3n) is 1.59. The molecule has 1 heterocycles. The summed E-state index contributed by atoms with van der Waals surface area (Å²) < 4.78 is 1.04. The van der Waals surface area contributed by atoms with Gasteiger partial charge in [0.2, 0.25) is 0 Å². The number of halogens is 2. The molecule has 0 fully saturated rings. The van der Waals surface area contributed by atoms with E-state index in [-0.39, 0.29) is 0 Å². The predicted octanol–water partition coefficient (Wildman–Crippen LogP) is 3.56. The van der Waals surface area contributed by atoms with Crippen LogP contribution < -0.4 is 0 Å². The van der Waals surface area contributed by atoms with Gasteiger partial charge in [-0.1, -0.05) is 22.9 Å². The number of hydrogen-bond donors (Lipinski definition) is 0. The van der Waals surface area contributed by atoms with Gasteiger partial charge in [0.15, 0.2) is 0 Å². The van der Waals surface area contributed by atoms with Crippen LogP contribution in [0.2, 0.25) is 0 Å². The lowest BCUT2D eigenvalue weighted by molar-refractivity contribution is 0.800. The Morgan fingerprint density at radius 2 is 2.25 bits per heavy atom. The molecule has 0 aliphatic carbocycles. The Kier molecular flexibility index (Phi) is 4.22. The normalized spacial score (nSPS) is 12.9. The van der Waals surface area contributed by atoms with E-state index in [9.17, 15) is 0 Å². The molecule has 0 saturated heterocycles. The van der Waals surface area contributed by atoms with Gasteiger partial charge in [0, 0.05) is 21.2 Å². The van der Waals surface area contributed by atoms with E-state index in [1.54, 1.807) is 0 Å². The zero-order valence-electron chi connectivity index (χ0n) is 6.93. The first-order chi connectivity index (χ1) is 5.68. The van der Waals surface area contributed by atoms with E-state index in [1.165, 1.54) is 0 Å². The van der Waals surface area contributed by atoms with Crippen molar-refractivity contribution >= 4 is 31.9 Å². The molecule has 66 valence electrons. The van der Waals surface area contributed by atoms with Gasteiger partial charge in [-0.2, -0.15) is 0 Å². The van der Waals surface area contributed by atoms with Gasteiger partial charge < -0.3 is 0 Å². The summed E-state index contributed by atoms with van der Waals surface area (Å²) in [5.41, 5.74) is 1.16. The van der Waals surface area contributed by atoms with Crippen LogP contribution in [-0.2, 0) is 6.42 Å². The largest absolute Gasteiger partial charge is 0.260 e. The molecule has 3 heteroatoms. The minimum Gasteiger partial charge on any atom is -0.260 e. The maximum Gasteiger partial charge on any atom is 0.0413 e. The Morgan fingerprint density at radius 1 is 1.50 bits per heavy atom. The fraction of sp³-hybridized carbons (Fsp3) is 0.444. The number of hydrogen-bond acceptors (Lipinski definition) is 1. The minimum atomic E-state index is 0.572. The molecule has 1 aromatic rings. The van der Waals surface area contributed by atoms with Crippen LogP contribution in [0, 0.1) is 0 Å². The highest BCUT2D eigenvalue weighted by Gasteiger charge is 1.98. The molecule has 0 amide bonds. The van der Waals surface area contributed by atoms with Gasteiger partial charge in [0.25, 0.3) is 0 Å². The van der Waals surface area contributed by atoms with Crippen LogP contribution >= 0.6 is 31.9 Å². The zero-order valence-corrected chi connectivity index (χ0v) is 10.1. The topological polar surface area (TPSA) is 12.9 Å². The van der Waals surface area contributed by atoms with E-state index in [4.69, 9.17) is 0 Å². The molecule has 0 bridgehead atoms. The summed E-state index contributed by atoms with van der Waals surface area (Å²) in [5.74, 6) is 0. The maximum absolute atomic E-state index is 4.28. The molecular formula is C9H11Br2N. The SMILES string of the molecule is CC(Br)CCc1ccc(Br)cn1. The van der Waals surface area contributed by atoms with Gasteiger partial charge in [-0.25, -0.2) is 0 Å². The van der Waals surface area contributed by atoms with Gasteiger partial charge >= 0.3 is 0 Å². The number of aryl methyl sites for hydroxylation is 1. The Balaban J connectivity index is 2.48. The number of rotatable bonds is 3. The van der Waals surface area contributed by atoms with Gasteiger partial charge in [0.1, 0.15) is 0 Å². The summed E-state index contributed by atoms with van der Waals surface area (Å²) in [5, 5.41) is 0. The first-order valence-corrected chi connectivity index (χ1v) is 5.64. The molecule has 0 aliphatic heterocycles. The van der Waals surface area contributed by atoms with Crippen LogP contribution in [0.4, 0.5) is 0 Å². The van der Waals surface area contributed by atoms with Crippen molar-refractivity contribution in [2.24, 2.45) is 0 Å². The van der Waals surface area contributed by atoms with Crippen LogP contribution in [0.5, 0.6) is 0 Å². The lowest BCUT2D eigenvalue weighted by Crippen LogP contribution is -1.95. The molecule has 0 aromatic carbocycles. The predicted molar refractivity (Wildman–Crippen MR) is 58.6 cm³/mol. The number of aromatic nitrogens is 1. The second-order valence-corrected chi connectivity index (χ2v) is 5.27. The van der Waals surface area contributed by atoms with E-state index in [0.717, 1.165) is 23.0 Å². The molecule has 0 radical (unpaired) electrons. The molecule has 0 spiro atoms. The standard InChI is InChI=1S/C9H11Br2N/c1-7(10)2-4-9-5-3-8(11)6-12-9/h3,5-7H,2,4H2,1H3. The molecule has 1 nitrogen and oxygen atoms in total. The van der Waals surface area contributed by atoms with Crippen LogP contribution in [0.3, 0.4) is 0 Å². The molecule has 0 aliphatic rings. The highest BCUT2D eigenvalue weighted by atomic mass is 79.9. The smallest absolute Gasteiger partial charge is 0.0413 e. The highest BCUT2D eigenvalue weighted by molar-refractivity contribution is 9.10. The van der Waals surface area contributed by atoms with Crippen molar-refractivity contribution in [3.63, 3.8) is 0 Å². The summed E-state index contributed by atoms with van der Waals surface area (Å²) in [6.07, 6.45) is 4.02. The van der Waals surface area contributed by atoms with E-state index in [1.807, 2.05) is 12.3 Å². The highest BCUT2D eigenvalue weighted by Crippen LogP contribution is 2.11. The average Bonchev–Trinajstić information content (AvgIpc) is 2.03. The van der Waals surface area contributed by atoms with Gasteiger partial charge in [-0.05, 0) is 40.9 Å². The number of alkyl halides is 1. The van der Waals surface area contributed by atoms with Gasteiger partial charge in [-0.3, -0.25) is 4.98 Å². The molecule has 1 aromatic heterocycles. The maximum atomic E-state index is 4.28. The molecule has 12 heavy (non-hydrogen) atoms. The zero-order chi connectivity index (χ0) is 8.97. The van der Waals surface area contributed by atoms with Crippen LogP contribution in [0.15, 0.2) is 22.8 Å². The fourth-order valence-electron chi connectivity index (χ4n) is 0.901. The third-order valence-corrected chi connectivity index (χ3v) is 2.51. The lowest BCUT2D eigenvalue weighted by atomic mass is 10.2. The molecule has 0 saturated carbocycles. The Bertz CT molecular complexity index is 231. The molecule has 1 rings (SSSR count). The first-order valence-electron chi connectivity index (χ1n) is 3.93. The van der Waals surface area contributed by atoms with E-state index >= 15 is 0 Å². The van der Waals surface area contributed by atoms with Crippen molar-refractivity contribution in [1.82, 2.24) is 4.98 Å². The molecule has 0 N–H and O–H groups in total. The van der Waals surface area contributed by atoms with Crippen LogP contribution in [0.1, 0.15) is 19.0 Å². The summed E-state index contributed by atoms with van der Waals surface area (Å²) in [6.45, 7) is 2.15. The Labute approximate surface area is 89.8 Å². The molecule has 1 atom stereocenters. The number of nitrogens with zero attached hydrogens (tertiary/aromatic N) is 1. The van der Waals surface area contributed by atoms with Crippen molar-refractivity contribution in [2.45, 2.75) is 24.6 Å². The van der Waals surface area contributed by atoms with Crippen molar-refractivity contribution in [2.75, 3.05) is 0 Å². The molecule has 1 unspecified atom stereocenters. The Morgan fingerprint density at radius 3 is 2.75 bits per heavy atom. The van der Waals surface area contributed by atoms with Crippen molar-refractivity contribution in [1.29, 1.82) is 0 Å². The van der Waals surface area contributed by atoms with E-state index in [0.29, 0.717) is 4.83 Å². The third kappa shape index (κ3) is 3.68. The monoisotopic (exact) mass is 291 g/mol. The summed E-state index contributed by atoms with van der Waals surface area (Å²) in [4.78, 5) is 4.85. The van der Waals surface area contributed by atoms with Crippen molar-refractivity contribution in [3.05, 3.63) is 28.5 Å². The fourth-order valence-corrected chi connectivity index (χ4v) is 1.36. The quantitative estimate of drug-likeness (QED) is 0.776. The minimum absolute atomic E-state index is 0.572. The van der Waals surface area contributed by atoms with Gasteiger partial charge in [0.05, 0.1) is 0 Å². The second kappa shape index (κ2) is 4.97. The van der Waals surface area contributed by atoms with Crippen LogP contribution in [-0.4, -0.2) is 9.81 Å². The van der Waals surface area contributed by atoms with Crippen LogP contribution in [0.25, 0.3) is 0 Å². The summed E-state index contributed by atoms with van der Waals surface area (Å²) in [7, 11) is 0. The second-order valence-electron chi connectivity index (χ2n) is 2.79. The summed E-state index contributed by atoms with van der Waals surface area (Å²) >= 11 is 6.86. The Hall–Kier alpha value is 0.110. The van der Waals surface area contributed by atoms with E-state index < -0.39 is 0 Å². The van der Waals surface area contributed by atoms with E-state index in [2.05, 4.69) is 49.8 Å². The number of pyridine rings is 1. The first kappa shape index (κ1) is 10.2. The van der Waals surface area contributed by atoms with Crippen molar-refractivity contribution in [3.8, 4) is 0 Å². The lowest BCUT2D eigenvalue weighted by Gasteiger charge is -2.01. The average molecular weight is 293 g/mol. The molecular weight excluding hydrogens is 282 g/mol. The van der Waals surface area contributed by atoms with Crippen molar-refractivity contribution < 1.29 is 0 Å². The van der Waals surface area contributed by atoms with Gasteiger partial charge in [-0.15, -0.1) is 0 Å². The summed E-state index contributed by atoms with van der Waals surface area (Å²) in [6, 6.07) is 4.08.